The minimum atomic E-state index is -4.47. The molecule has 9 heteroatoms. The van der Waals surface area contributed by atoms with Gasteiger partial charge in [0, 0.05) is 38.1 Å². The van der Waals surface area contributed by atoms with E-state index in [1.54, 1.807) is 11.1 Å². The molecule has 3 heterocycles. The monoisotopic (exact) mass is 532 g/mol. The lowest BCUT2D eigenvalue weighted by atomic mass is 9.92. The second kappa shape index (κ2) is 11.5. The number of carbonyl (C=O) groups is 1. The molecule has 2 aliphatic rings. The summed E-state index contributed by atoms with van der Waals surface area (Å²) in [5.74, 6) is 0.887. The van der Waals surface area contributed by atoms with Crippen molar-refractivity contribution >= 4 is 11.8 Å². The van der Waals surface area contributed by atoms with Crippen LogP contribution in [-0.2, 0) is 30.4 Å². The van der Waals surface area contributed by atoms with Crippen LogP contribution in [0.1, 0.15) is 62.9 Å². The topological polar surface area (TPSA) is 57.7 Å². The minimum Gasteiger partial charge on any atom is -0.444 e. The number of rotatable bonds is 7. The van der Waals surface area contributed by atoms with Gasteiger partial charge in [-0.3, -0.25) is 9.88 Å². The molecule has 1 amide bonds. The predicted octanol–water partition coefficient (Wildman–Crippen LogP) is 6.35. The fraction of sp³-hybridized carbons (Fsp3) is 0.586. The summed E-state index contributed by atoms with van der Waals surface area (Å²) in [6.07, 6.45) is -0.168. The van der Waals surface area contributed by atoms with Crippen molar-refractivity contribution in [3.05, 3.63) is 58.9 Å². The molecule has 2 aromatic rings. The molecular formula is C29H39F3N4O2. The third-order valence-electron chi connectivity index (χ3n) is 7.00. The van der Waals surface area contributed by atoms with E-state index < -0.39 is 17.3 Å². The number of carbonyl (C=O) groups excluding carboxylic acids is 1. The van der Waals surface area contributed by atoms with E-state index in [1.165, 1.54) is 12.5 Å². The summed E-state index contributed by atoms with van der Waals surface area (Å²) in [7, 11) is 0. The van der Waals surface area contributed by atoms with Crippen molar-refractivity contribution in [3.63, 3.8) is 0 Å². The average Bonchev–Trinajstić information content (AvgIpc) is 2.79. The Kier molecular flexibility index (Phi) is 8.55. The summed E-state index contributed by atoms with van der Waals surface area (Å²) in [6, 6.07) is 8.94. The van der Waals surface area contributed by atoms with Crippen LogP contribution in [-0.4, -0.2) is 52.7 Å². The van der Waals surface area contributed by atoms with Crippen LogP contribution in [0.15, 0.2) is 36.5 Å². The van der Waals surface area contributed by atoms with Gasteiger partial charge in [0.1, 0.15) is 5.60 Å². The van der Waals surface area contributed by atoms with Gasteiger partial charge in [0.05, 0.1) is 17.8 Å². The molecule has 0 bridgehead atoms. The summed E-state index contributed by atoms with van der Waals surface area (Å²) in [5.41, 5.74) is 1.20. The highest BCUT2D eigenvalue weighted by atomic mass is 19.4. The van der Waals surface area contributed by atoms with Gasteiger partial charge < -0.3 is 15.0 Å². The van der Waals surface area contributed by atoms with Crippen LogP contribution < -0.4 is 5.32 Å². The van der Waals surface area contributed by atoms with Crippen molar-refractivity contribution in [2.45, 2.75) is 71.8 Å². The van der Waals surface area contributed by atoms with Crippen molar-refractivity contribution < 1.29 is 22.7 Å². The van der Waals surface area contributed by atoms with E-state index in [0.717, 1.165) is 37.2 Å². The quantitative estimate of drug-likeness (QED) is 0.450. The van der Waals surface area contributed by atoms with Gasteiger partial charge >= 0.3 is 12.3 Å². The lowest BCUT2D eigenvalue weighted by Crippen LogP contribution is -2.52. The number of pyridine rings is 1. The Morgan fingerprint density at radius 1 is 1.13 bits per heavy atom. The molecule has 0 aliphatic carbocycles. The Morgan fingerprint density at radius 3 is 2.58 bits per heavy atom. The highest BCUT2D eigenvalue weighted by molar-refractivity contribution is 5.69. The molecule has 0 saturated carbocycles. The standard InChI is InChI=1S/C29H39F3N4O2/c1-20-7-6-10-35(16-20)17-22-13-25(29(30,31)32)26(34-14-22)15-33-24-9-5-8-21(12-24)11-23-18-36(19-23)27(37)38-28(2,3)4/h5,8-9,12-14,20,23,33H,6-7,10-11,15-19H2,1-4H3/t20-/m0/s1. The zero-order valence-electron chi connectivity index (χ0n) is 22.8. The molecule has 1 atom stereocenters. The maximum Gasteiger partial charge on any atom is 0.418 e. The molecular weight excluding hydrogens is 493 g/mol. The SMILES string of the molecule is C[C@H]1CCCN(Cc2cnc(CNc3cccc(CC4CN(C(=O)OC(C)(C)C)C4)c3)c(C(F)(F)F)c2)C1. The maximum absolute atomic E-state index is 13.9. The number of piperidine rings is 1. The van der Waals surface area contributed by atoms with Gasteiger partial charge in [-0.25, -0.2) is 4.79 Å². The van der Waals surface area contributed by atoms with Crippen LogP contribution >= 0.6 is 0 Å². The molecule has 208 valence electrons. The van der Waals surface area contributed by atoms with Crippen molar-refractivity contribution in [2.24, 2.45) is 11.8 Å². The number of alkyl halides is 3. The summed E-state index contributed by atoms with van der Waals surface area (Å²) < 4.78 is 47.1. The highest BCUT2D eigenvalue weighted by Gasteiger charge is 2.35. The van der Waals surface area contributed by atoms with Crippen molar-refractivity contribution in [3.8, 4) is 0 Å². The first kappa shape index (κ1) is 28.2. The van der Waals surface area contributed by atoms with E-state index >= 15 is 0 Å². The van der Waals surface area contributed by atoms with E-state index in [0.29, 0.717) is 37.0 Å². The third-order valence-corrected chi connectivity index (χ3v) is 7.00. The molecule has 1 N–H and O–H groups in total. The third kappa shape index (κ3) is 7.85. The number of benzene rings is 1. The van der Waals surface area contributed by atoms with Crippen molar-refractivity contribution in [1.29, 1.82) is 0 Å². The fourth-order valence-corrected chi connectivity index (χ4v) is 5.20. The maximum atomic E-state index is 13.9. The second-order valence-corrected chi connectivity index (χ2v) is 11.8. The molecule has 0 radical (unpaired) electrons. The average molecular weight is 533 g/mol. The fourth-order valence-electron chi connectivity index (χ4n) is 5.20. The van der Waals surface area contributed by atoms with Gasteiger partial charge in [-0.05, 0) is 87.7 Å². The lowest BCUT2D eigenvalue weighted by molar-refractivity contribution is -0.138. The van der Waals surface area contributed by atoms with Crippen LogP contribution in [0.4, 0.5) is 23.7 Å². The van der Waals surface area contributed by atoms with Crippen LogP contribution in [0, 0.1) is 11.8 Å². The van der Waals surface area contributed by atoms with Gasteiger partial charge in [-0.1, -0.05) is 19.1 Å². The number of hydrogen-bond acceptors (Lipinski definition) is 5. The highest BCUT2D eigenvalue weighted by Crippen LogP contribution is 2.33. The van der Waals surface area contributed by atoms with E-state index in [9.17, 15) is 18.0 Å². The smallest absolute Gasteiger partial charge is 0.418 e. The minimum absolute atomic E-state index is 0.00865. The van der Waals surface area contributed by atoms with Crippen molar-refractivity contribution in [1.82, 2.24) is 14.8 Å². The number of amides is 1. The zero-order chi connectivity index (χ0) is 27.5. The first-order valence-electron chi connectivity index (χ1n) is 13.4. The molecule has 1 aromatic heterocycles. The molecule has 0 unspecified atom stereocenters. The van der Waals surface area contributed by atoms with Gasteiger partial charge in [0.15, 0.2) is 0 Å². The number of nitrogens with one attached hydrogen (secondary N) is 1. The molecule has 38 heavy (non-hydrogen) atoms. The summed E-state index contributed by atoms with van der Waals surface area (Å²) in [5, 5.41) is 3.13. The van der Waals surface area contributed by atoms with Crippen LogP contribution in [0.3, 0.4) is 0 Å². The summed E-state index contributed by atoms with van der Waals surface area (Å²) >= 11 is 0. The Balaban J connectivity index is 1.34. The molecule has 6 nitrogen and oxygen atoms in total. The second-order valence-electron chi connectivity index (χ2n) is 11.8. The van der Waals surface area contributed by atoms with Crippen molar-refractivity contribution in [2.75, 3.05) is 31.5 Å². The van der Waals surface area contributed by atoms with Gasteiger partial charge in [0.25, 0.3) is 0 Å². The number of nitrogens with zero attached hydrogens (tertiary/aromatic N) is 3. The predicted molar refractivity (Wildman–Crippen MR) is 142 cm³/mol. The van der Waals surface area contributed by atoms with E-state index in [4.69, 9.17) is 4.74 Å². The normalized spacial score (nSPS) is 19.2. The number of hydrogen-bond donors (Lipinski definition) is 1. The molecule has 0 spiro atoms. The van der Waals surface area contributed by atoms with Gasteiger partial charge in [0.2, 0.25) is 0 Å². The summed E-state index contributed by atoms with van der Waals surface area (Å²) in [4.78, 5) is 20.3. The molecule has 1 aromatic carbocycles. The molecule has 2 saturated heterocycles. The number of halogens is 3. The Labute approximate surface area is 223 Å². The van der Waals surface area contributed by atoms with E-state index in [-0.39, 0.29) is 18.3 Å². The Bertz CT molecular complexity index is 1110. The summed E-state index contributed by atoms with van der Waals surface area (Å²) in [6.45, 7) is 11.3. The first-order chi connectivity index (χ1) is 17.9. The first-order valence-corrected chi connectivity index (χ1v) is 13.4. The van der Waals surface area contributed by atoms with Crippen LogP contribution in [0.5, 0.6) is 0 Å². The number of anilines is 1. The number of likely N-dealkylation sites (tertiary alicyclic amines) is 2. The molecule has 2 aliphatic heterocycles. The van der Waals surface area contributed by atoms with E-state index in [2.05, 4.69) is 22.1 Å². The number of aromatic nitrogens is 1. The molecule has 4 rings (SSSR count). The van der Waals surface area contributed by atoms with Gasteiger partial charge in [-0.2, -0.15) is 13.2 Å². The van der Waals surface area contributed by atoms with Gasteiger partial charge in [-0.15, -0.1) is 0 Å². The molecule has 2 fully saturated rings. The Morgan fingerprint density at radius 2 is 1.89 bits per heavy atom. The number of ether oxygens (including phenoxy) is 1. The lowest BCUT2D eigenvalue weighted by Gasteiger charge is -2.40. The Hall–Kier alpha value is -2.81. The van der Waals surface area contributed by atoms with Crippen LogP contribution in [0.25, 0.3) is 0 Å². The van der Waals surface area contributed by atoms with E-state index in [1.807, 2.05) is 45.0 Å². The largest absolute Gasteiger partial charge is 0.444 e. The van der Waals surface area contributed by atoms with Crippen LogP contribution in [0.2, 0.25) is 0 Å². The zero-order valence-corrected chi connectivity index (χ0v) is 22.8.